The Labute approximate surface area is 181 Å². The van der Waals surface area contributed by atoms with Gasteiger partial charge in [0.2, 0.25) is 0 Å². The molecule has 0 aromatic heterocycles. The van der Waals surface area contributed by atoms with E-state index in [1.54, 1.807) is 6.07 Å². The number of hydrogen-bond acceptors (Lipinski definition) is 4. The minimum atomic E-state index is -4.72. The number of benzene rings is 2. The summed E-state index contributed by atoms with van der Waals surface area (Å²) in [5.41, 5.74) is -4.59. The summed E-state index contributed by atoms with van der Waals surface area (Å²) in [5, 5.41) is 19.9. The maximum absolute atomic E-state index is 14.8. The zero-order valence-electron chi connectivity index (χ0n) is 17.1. The minimum Gasteiger partial charge on any atom is -0.457 e. The molecule has 168 valence electrons. The van der Waals surface area contributed by atoms with Crippen molar-refractivity contribution >= 4 is 5.71 Å². The Bertz CT molecular complexity index is 1160. The Morgan fingerprint density at radius 3 is 2.62 bits per heavy atom. The molecule has 0 radical (unpaired) electrons. The monoisotopic (exact) mass is 450 g/mol. The molecule has 4 nitrogen and oxygen atoms in total. The van der Waals surface area contributed by atoms with Gasteiger partial charge in [-0.05, 0) is 43.5 Å². The second kappa shape index (κ2) is 7.55. The SMILES string of the molecule is CCCCN=C1CCC2(O)c3c(ccc(Oc4cc(F)cc(C#N)c4)c31)C(F)(F)C2(F)F. The van der Waals surface area contributed by atoms with Crippen molar-refractivity contribution in [3.05, 3.63) is 58.4 Å². The van der Waals surface area contributed by atoms with Crippen molar-refractivity contribution in [3.8, 4) is 17.6 Å². The highest BCUT2D eigenvalue weighted by Gasteiger charge is 2.77. The lowest BCUT2D eigenvalue weighted by molar-refractivity contribution is -0.287. The molecule has 0 bridgehead atoms. The fourth-order valence-corrected chi connectivity index (χ4v) is 4.28. The van der Waals surface area contributed by atoms with E-state index in [0.717, 1.165) is 30.7 Å². The lowest BCUT2D eigenvalue weighted by Gasteiger charge is -2.36. The molecule has 0 saturated heterocycles. The highest BCUT2D eigenvalue weighted by Crippen LogP contribution is 2.65. The maximum Gasteiger partial charge on any atom is 0.346 e. The normalized spacial score (nSPS) is 23.6. The van der Waals surface area contributed by atoms with Gasteiger partial charge in [-0.2, -0.15) is 22.8 Å². The van der Waals surface area contributed by atoms with Gasteiger partial charge in [0.15, 0.2) is 5.60 Å². The molecule has 2 aliphatic rings. The third-order valence-corrected chi connectivity index (χ3v) is 5.89. The molecule has 1 unspecified atom stereocenters. The Morgan fingerprint density at radius 1 is 1.19 bits per heavy atom. The number of nitriles is 1. The van der Waals surface area contributed by atoms with E-state index in [9.17, 15) is 27.1 Å². The number of ether oxygens (including phenoxy) is 1. The van der Waals surface area contributed by atoms with Gasteiger partial charge in [-0.1, -0.05) is 13.3 Å². The number of unbranched alkanes of at least 4 members (excludes halogenated alkanes) is 1. The highest BCUT2D eigenvalue weighted by atomic mass is 19.3. The summed E-state index contributed by atoms with van der Waals surface area (Å²) in [6.45, 7) is 2.28. The van der Waals surface area contributed by atoms with E-state index < -0.39 is 40.8 Å². The molecule has 0 heterocycles. The summed E-state index contributed by atoms with van der Waals surface area (Å²) < 4.78 is 78.4. The molecular weight excluding hydrogens is 431 g/mol. The quantitative estimate of drug-likeness (QED) is 0.463. The molecule has 9 heteroatoms. The zero-order valence-corrected chi connectivity index (χ0v) is 17.1. The fourth-order valence-electron chi connectivity index (χ4n) is 4.28. The van der Waals surface area contributed by atoms with Crippen molar-refractivity contribution in [3.63, 3.8) is 0 Å². The van der Waals surface area contributed by atoms with Gasteiger partial charge in [0.05, 0.1) is 11.6 Å². The van der Waals surface area contributed by atoms with E-state index >= 15 is 0 Å². The van der Waals surface area contributed by atoms with E-state index in [1.165, 1.54) is 6.07 Å². The van der Waals surface area contributed by atoms with Crippen LogP contribution in [0.5, 0.6) is 11.5 Å². The fraction of sp³-hybridized carbons (Fsp3) is 0.391. The average molecular weight is 450 g/mol. The molecule has 1 atom stereocenters. The Balaban J connectivity index is 1.93. The Hall–Kier alpha value is -2.99. The molecule has 0 fully saturated rings. The van der Waals surface area contributed by atoms with E-state index in [2.05, 4.69) is 4.99 Å². The topological polar surface area (TPSA) is 65.6 Å². The zero-order chi connectivity index (χ0) is 23.3. The van der Waals surface area contributed by atoms with E-state index in [-0.39, 0.29) is 34.8 Å². The molecule has 0 amide bonds. The number of hydrogen-bond donors (Lipinski definition) is 1. The molecule has 0 saturated carbocycles. The number of nitrogens with zero attached hydrogens (tertiary/aromatic N) is 2. The van der Waals surface area contributed by atoms with Gasteiger partial charge in [0.25, 0.3) is 0 Å². The average Bonchev–Trinajstić information content (AvgIpc) is 2.86. The van der Waals surface area contributed by atoms with E-state index in [4.69, 9.17) is 10.00 Å². The van der Waals surface area contributed by atoms with Crippen LogP contribution < -0.4 is 4.74 Å². The van der Waals surface area contributed by atoms with Gasteiger partial charge in [0, 0.05) is 35.0 Å². The first kappa shape index (κ1) is 22.2. The molecule has 2 aromatic rings. The van der Waals surface area contributed by atoms with Crippen LogP contribution in [0, 0.1) is 17.1 Å². The smallest absolute Gasteiger partial charge is 0.346 e. The summed E-state index contributed by atoms with van der Waals surface area (Å²) in [6, 6.07) is 6.84. The van der Waals surface area contributed by atoms with Crippen molar-refractivity contribution in [2.24, 2.45) is 4.99 Å². The van der Waals surface area contributed by atoms with E-state index in [0.29, 0.717) is 13.0 Å². The highest BCUT2D eigenvalue weighted by molar-refractivity contribution is 6.06. The molecule has 2 aromatic carbocycles. The van der Waals surface area contributed by atoms with Gasteiger partial charge >= 0.3 is 11.8 Å². The first-order valence-electron chi connectivity index (χ1n) is 10.1. The van der Waals surface area contributed by atoms with Crippen LogP contribution in [0.25, 0.3) is 0 Å². The number of rotatable bonds is 5. The van der Waals surface area contributed by atoms with Crippen molar-refractivity contribution < 1.29 is 31.8 Å². The van der Waals surface area contributed by atoms with Crippen molar-refractivity contribution in [1.82, 2.24) is 0 Å². The van der Waals surface area contributed by atoms with Crippen LogP contribution >= 0.6 is 0 Å². The summed E-state index contributed by atoms with van der Waals surface area (Å²) >= 11 is 0. The molecule has 0 spiro atoms. The molecule has 0 aliphatic heterocycles. The first-order chi connectivity index (χ1) is 15.1. The van der Waals surface area contributed by atoms with Crippen LogP contribution in [-0.4, -0.2) is 23.3 Å². The number of aliphatic hydroxyl groups is 1. The second-order valence-electron chi connectivity index (χ2n) is 7.94. The van der Waals surface area contributed by atoms with Gasteiger partial charge in [-0.15, -0.1) is 0 Å². The Morgan fingerprint density at radius 2 is 1.94 bits per heavy atom. The standard InChI is InChI=1S/C23H19F5N2O2/c1-2-3-8-30-17-6-7-21(31)20-16(22(25,26)23(21,27)28)4-5-18(19(17)20)32-15-10-13(12-29)9-14(24)11-15/h4-5,9-11,31H,2-3,6-8H2,1H3. The summed E-state index contributed by atoms with van der Waals surface area (Å²) in [4.78, 5) is 4.41. The number of alkyl halides is 4. The van der Waals surface area contributed by atoms with Crippen LogP contribution in [0.4, 0.5) is 22.0 Å². The maximum atomic E-state index is 14.8. The van der Waals surface area contributed by atoms with Crippen LogP contribution in [0.3, 0.4) is 0 Å². The summed E-state index contributed by atoms with van der Waals surface area (Å²) in [5.74, 6) is -10.3. The third kappa shape index (κ3) is 3.08. The number of halogens is 5. The lowest BCUT2D eigenvalue weighted by atomic mass is 9.77. The predicted molar refractivity (Wildman–Crippen MR) is 106 cm³/mol. The van der Waals surface area contributed by atoms with Crippen LogP contribution in [0.1, 0.15) is 54.9 Å². The largest absolute Gasteiger partial charge is 0.457 e. The van der Waals surface area contributed by atoms with Gasteiger partial charge < -0.3 is 9.84 Å². The molecule has 4 rings (SSSR count). The second-order valence-corrected chi connectivity index (χ2v) is 7.94. The van der Waals surface area contributed by atoms with E-state index in [1.807, 2.05) is 6.92 Å². The first-order valence-corrected chi connectivity index (χ1v) is 10.1. The Kier molecular flexibility index (Phi) is 5.24. The summed E-state index contributed by atoms with van der Waals surface area (Å²) in [7, 11) is 0. The van der Waals surface area contributed by atoms with Gasteiger partial charge in [0.1, 0.15) is 17.3 Å². The molecule has 2 aliphatic carbocycles. The van der Waals surface area contributed by atoms with Crippen LogP contribution in [-0.2, 0) is 11.5 Å². The van der Waals surface area contributed by atoms with Crippen LogP contribution in [0.15, 0.2) is 35.3 Å². The molecular formula is C23H19F5N2O2. The number of aliphatic imine (C=N–C) groups is 1. The van der Waals surface area contributed by atoms with Gasteiger partial charge in [-0.25, -0.2) is 4.39 Å². The molecule has 32 heavy (non-hydrogen) atoms. The van der Waals surface area contributed by atoms with Gasteiger partial charge in [-0.3, -0.25) is 4.99 Å². The third-order valence-electron chi connectivity index (χ3n) is 5.89. The minimum absolute atomic E-state index is 0.0405. The van der Waals surface area contributed by atoms with Crippen molar-refractivity contribution in [2.45, 2.75) is 50.1 Å². The van der Waals surface area contributed by atoms with Crippen molar-refractivity contribution in [1.29, 1.82) is 5.26 Å². The van der Waals surface area contributed by atoms with Crippen LogP contribution in [0.2, 0.25) is 0 Å². The molecule has 1 N–H and O–H groups in total. The summed E-state index contributed by atoms with van der Waals surface area (Å²) in [6.07, 6.45) is 0.724. The van der Waals surface area contributed by atoms with Crippen molar-refractivity contribution in [2.75, 3.05) is 6.54 Å². The predicted octanol–water partition coefficient (Wildman–Crippen LogP) is 5.80. The lowest BCUT2D eigenvalue weighted by Crippen LogP contribution is -2.50.